The van der Waals surface area contributed by atoms with E-state index in [1.165, 1.54) is 24.0 Å². The van der Waals surface area contributed by atoms with Crippen molar-refractivity contribution in [2.24, 2.45) is 11.8 Å². The molecule has 0 radical (unpaired) electrons. The first-order valence-corrected chi connectivity index (χ1v) is 7.26. The second-order valence-electron chi connectivity index (χ2n) is 6.21. The molecule has 1 fully saturated rings. The first-order chi connectivity index (χ1) is 9.19. The summed E-state index contributed by atoms with van der Waals surface area (Å²) in [6.45, 7) is 2.36. The van der Waals surface area contributed by atoms with Crippen LogP contribution in [-0.4, -0.2) is 7.11 Å². The number of hydrogen-bond donors (Lipinski definition) is 0. The summed E-state index contributed by atoms with van der Waals surface area (Å²) >= 11 is 0. The van der Waals surface area contributed by atoms with E-state index < -0.39 is 0 Å². The van der Waals surface area contributed by atoms with Gasteiger partial charge in [0.2, 0.25) is 0 Å². The Morgan fingerprint density at radius 1 is 1.37 bits per heavy atom. The van der Waals surface area contributed by atoms with Crippen molar-refractivity contribution < 1.29 is 4.74 Å². The molecule has 100 valence electrons. The molecular weight excluding hydrogens is 234 g/mol. The predicted molar refractivity (Wildman–Crippen MR) is 75.1 cm³/mol. The minimum absolute atomic E-state index is 0.167. The summed E-state index contributed by atoms with van der Waals surface area (Å²) in [6, 6.07) is 9.04. The van der Waals surface area contributed by atoms with Gasteiger partial charge >= 0.3 is 0 Å². The van der Waals surface area contributed by atoms with Crippen LogP contribution in [0, 0.1) is 23.2 Å². The fourth-order valence-electron chi connectivity index (χ4n) is 4.27. The van der Waals surface area contributed by atoms with Crippen LogP contribution in [0.3, 0.4) is 0 Å². The number of methoxy groups -OCH3 is 1. The number of rotatable bonds is 1. The van der Waals surface area contributed by atoms with Crippen LogP contribution in [0.5, 0.6) is 5.75 Å². The van der Waals surface area contributed by atoms with E-state index in [1.807, 2.05) is 0 Å². The Morgan fingerprint density at radius 3 is 2.95 bits per heavy atom. The first kappa shape index (κ1) is 12.5. The van der Waals surface area contributed by atoms with E-state index in [4.69, 9.17) is 4.74 Å². The Kier molecular flexibility index (Phi) is 3.01. The average Bonchev–Trinajstić information content (AvgIpc) is 2.45. The molecule has 3 unspecified atom stereocenters. The molecule has 2 aliphatic carbocycles. The molecular formula is C17H21NO. The third kappa shape index (κ3) is 1.84. The number of aryl methyl sites for hydroxylation is 1. The minimum atomic E-state index is 0.167. The predicted octanol–water partition coefficient (Wildman–Crippen LogP) is 3.84. The third-order valence-corrected chi connectivity index (χ3v) is 5.34. The van der Waals surface area contributed by atoms with Crippen LogP contribution in [0.25, 0.3) is 0 Å². The van der Waals surface area contributed by atoms with Crippen molar-refractivity contribution in [3.63, 3.8) is 0 Å². The standard InChI is InChI=1S/C17H21NO/c1-17-9-3-4-13(11-18)15(17)8-6-12-5-7-14(19-2)10-16(12)17/h5,7,10,13,15H,3-4,6,8-9H2,1-2H3. The van der Waals surface area contributed by atoms with Crippen molar-refractivity contribution in [3.05, 3.63) is 29.3 Å². The highest BCUT2D eigenvalue weighted by molar-refractivity contribution is 5.43. The molecule has 1 saturated carbocycles. The first-order valence-electron chi connectivity index (χ1n) is 7.26. The topological polar surface area (TPSA) is 33.0 Å². The number of nitriles is 1. The Hall–Kier alpha value is -1.49. The summed E-state index contributed by atoms with van der Waals surface area (Å²) in [4.78, 5) is 0. The number of fused-ring (bicyclic) bond motifs is 3. The van der Waals surface area contributed by atoms with Gasteiger partial charge in [-0.3, -0.25) is 0 Å². The molecule has 0 spiro atoms. The van der Waals surface area contributed by atoms with Crippen molar-refractivity contribution in [1.29, 1.82) is 5.26 Å². The molecule has 2 nitrogen and oxygen atoms in total. The zero-order valence-corrected chi connectivity index (χ0v) is 11.8. The second-order valence-corrected chi connectivity index (χ2v) is 6.21. The lowest BCUT2D eigenvalue weighted by Crippen LogP contribution is -2.43. The molecule has 0 aromatic heterocycles. The lowest BCUT2D eigenvalue weighted by molar-refractivity contribution is 0.137. The van der Waals surface area contributed by atoms with Crippen molar-refractivity contribution in [1.82, 2.24) is 0 Å². The second kappa shape index (κ2) is 4.56. The van der Waals surface area contributed by atoms with Gasteiger partial charge in [0.1, 0.15) is 5.75 Å². The highest BCUT2D eigenvalue weighted by Gasteiger charge is 2.46. The Labute approximate surface area is 115 Å². The van der Waals surface area contributed by atoms with Gasteiger partial charge in [0.25, 0.3) is 0 Å². The van der Waals surface area contributed by atoms with E-state index >= 15 is 0 Å². The van der Waals surface area contributed by atoms with E-state index in [1.54, 1.807) is 7.11 Å². The molecule has 0 saturated heterocycles. The van der Waals surface area contributed by atoms with Gasteiger partial charge in [-0.25, -0.2) is 0 Å². The van der Waals surface area contributed by atoms with Crippen molar-refractivity contribution in [2.45, 2.75) is 44.4 Å². The molecule has 3 rings (SSSR count). The van der Waals surface area contributed by atoms with Crippen molar-refractivity contribution >= 4 is 0 Å². The van der Waals surface area contributed by atoms with Gasteiger partial charge in [-0.2, -0.15) is 5.26 Å². The molecule has 19 heavy (non-hydrogen) atoms. The monoisotopic (exact) mass is 255 g/mol. The van der Waals surface area contributed by atoms with Crippen LogP contribution < -0.4 is 4.74 Å². The fraction of sp³-hybridized carbons (Fsp3) is 0.588. The Bertz CT molecular complexity index is 531. The van der Waals surface area contributed by atoms with Crippen molar-refractivity contribution in [3.8, 4) is 11.8 Å². The van der Waals surface area contributed by atoms with Crippen molar-refractivity contribution in [2.75, 3.05) is 7.11 Å². The largest absolute Gasteiger partial charge is 0.497 e. The van der Waals surface area contributed by atoms with Gasteiger partial charge in [0.05, 0.1) is 13.2 Å². The number of benzene rings is 1. The highest BCUT2D eigenvalue weighted by Crippen LogP contribution is 2.52. The SMILES string of the molecule is COc1ccc2c(c1)C1(C)CCCC(C#N)C1CC2. The van der Waals surface area contributed by atoms with Gasteiger partial charge in [-0.1, -0.05) is 19.4 Å². The Morgan fingerprint density at radius 2 is 2.21 bits per heavy atom. The van der Waals surface area contributed by atoms with Crippen LogP contribution in [0.15, 0.2) is 18.2 Å². The minimum Gasteiger partial charge on any atom is -0.497 e. The summed E-state index contributed by atoms with van der Waals surface area (Å²) < 4.78 is 5.39. The van der Waals surface area contributed by atoms with Crippen LogP contribution >= 0.6 is 0 Å². The normalized spacial score (nSPS) is 32.9. The molecule has 2 aliphatic rings. The zero-order valence-electron chi connectivity index (χ0n) is 11.8. The van der Waals surface area contributed by atoms with Gasteiger partial charge in [0.15, 0.2) is 0 Å². The quantitative estimate of drug-likeness (QED) is 0.764. The Balaban J connectivity index is 2.08. The average molecular weight is 255 g/mol. The summed E-state index contributed by atoms with van der Waals surface area (Å²) in [6.07, 6.45) is 5.72. The van der Waals surface area contributed by atoms with Crippen LogP contribution in [0.2, 0.25) is 0 Å². The van der Waals surface area contributed by atoms with Gasteiger partial charge in [0, 0.05) is 5.92 Å². The summed E-state index contributed by atoms with van der Waals surface area (Å²) in [5.74, 6) is 1.70. The molecule has 1 aromatic rings. The molecule has 0 amide bonds. The molecule has 0 bridgehead atoms. The molecule has 3 atom stereocenters. The van der Waals surface area contributed by atoms with Crippen LogP contribution in [0.1, 0.15) is 43.7 Å². The van der Waals surface area contributed by atoms with E-state index in [0.717, 1.165) is 25.0 Å². The number of nitrogens with zero attached hydrogens (tertiary/aromatic N) is 1. The summed E-state index contributed by atoms with van der Waals surface area (Å²) in [5.41, 5.74) is 3.06. The molecule has 0 heterocycles. The summed E-state index contributed by atoms with van der Waals surface area (Å²) in [5, 5.41) is 9.42. The third-order valence-electron chi connectivity index (χ3n) is 5.34. The lowest BCUT2D eigenvalue weighted by atomic mass is 9.55. The van der Waals surface area contributed by atoms with Gasteiger partial charge in [-0.05, 0) is 60.3 Å². The van der Waals surface area contributed by atoms with Gasteiger partial charge in [-0.15, -0.1) is 0 Å². The van der Waals surface area contributed by atoms with E-state index in [-0.39, 0.29) is 11.3 Å². The van der Waals surface area contributed by atoms with E-state index in [2.05, 4.69) is 31.2 Å². The summed E-state index contributed by atoms with van der Waals surface area (Å²) in [7, 11) is 1.73. The van der Waals surface area contributed by atoms with Crippen LogP contribution in [0.4, 0.5) is 0 Å². The van der Waals surface area contributed by atoms with E-state index in [9.17, 15) is 5.26 Å². The fourth-order valence-corrected chi connectivity index (χ4v) is 4.27. The van der Waals surface area contributed by atoms with Crippen LogP contribution in [-0.2, 0) is 11.8 Å². The molecule has 2 heteroatoms. The number of ether oxygens (including phenoxy) is 1. The van der Waals surface area contributed by atoms with Gasteiger partial charge < -0.3 is 4.74 Å². The maximum atomic E-state index is 9.42. The lowest BCUT2D eigenvalue weighted by Gasteiger charge is -2.48. The maximum Gasteiger partial charge on any atom is 0.119 e. The van der Waals surface area contributed by atoms with E-state index in [0.29, 0.717) is 5.92 Å². The number of hydrogen-bond acceptors (Lipinski definition) is 2. The molecule has 0 N–H and O–H groups in total. The smallest absolute Gasteiger partial charge is 0.119 e. The maximum absolute atomic E-state index is 9.42. The zero-order chi connectivity index (χ0) is 13.5. The molecule has 1 aromatic carbocycles. The molecule has 0 aliphatic heterocycles. The highest BCUT2D eigenvalue weighted by atomic mass is 16.5.